The van der Waals surface area contributed by atoms with Crippen molar-refractivity contribution in [1.82, 2.24) is 4.98 Å². The maximum absolute atomic E-state index is 13.6. The predicted molar refractivity (Wildman–Crippen MR) is 72.1 cm³/mol. The monoisotopic (exact) mass is 255 g/mol. The van der Waals surface area contributed by atoms with Gasteiger partial charge in [0.2, 0.25) is 0 Å². The van der Waals surface area contributed by atoms with Crippen LogP contribution in [0.3, 0.4) is 0 Å². The van der Waals surface area contributed by atoms with E-state index in [1.807, 2.05) is 30.0 Å². The maximum Gasteiger partial charge on any atom is 0.143 e. The molecule has 0 spiro atoms. The molecule has 0 N–H and O–H groups in total. The van der Waals surface area contributed by atoms with E-state index in [0.29, 0.717) is 18.8 Å². The number of aromatic nitrogens is 1. The summed E-state index contributed by atoms with van der Waals surface area (Å²) in [6.07, 6.45) is 3.44. The summed E-state index contributed by atoms with van der Waals surface area (Å²) in [5, 5.41) is 9.08. The molecule has 1 aromatic carbocycles. The zero-order valence-corrected chi connectivity index (χ0v) is 10.7. The van der Waals surface area contributed by atoms with Crippen LogP contribution in [0.5, 0.6) is 0 Å². The summed E-state index contributed by atoms with van der Waals surface area (Å²) in [6, 6.07) is 10.5. The predicted octanol–water partition coefficient (Wildman–Crippen LogP) is 3.12. The zero-order valence-electron chi connectivity index (χ0n) is 10.7. The molecule has 0 aliphatic heterocycles. The van der Waals surface area contributed by atoms with Gasteiger partial charge in [-0.15, -0.1) is 0 Å². The molecule has 3 nitrogen and oxygen atoms in total. The third-order valence-corrected chi connectivity index (χ3v) is 2.95. The van der Waals surface area contributed by atoms with Crippen LogP contribution in [0.2, 0.25) is 0 Å². The Balaban J connectivity index is 2.33. The van der Waals surface area contributed by atoms with Gasteiger partial charge in [-0.05, 0) is 36.8 Å². The van der Waals surface area contributed by atoms with Crippen LogP contribution in [0.25, 0.3) is 0 Å². The zero-order chi connectivity index (χ0) is 13.7. The summed E-state index contributed by atoms with van der Waals surface area (Å²) >= 11 is 0. The molecule has 1 aromatic heterocycles. The molecule has 1 heterocycles. The largest absolute Gasteiger partial charge is 0.366 e. The normalized spacial score (nSPS) is 9.95. The molecule has 0 amide bonds. The molecule has 0 bridgehead atoms. The lowest BCUT2D eigenvalue weighted by Gasteiger charge is -2.24. The van der Waals surface area contributed by atoms with Crippen molar-refractivity contribution in [2.24, 2.45) is 0 Å². The van der Waals surface area contributed by atoms with Gasteiger partial charge in [0.15, 0.2) is 0 Å². The summed E-state index contributed by atoms with van der Waals surface area (Å²) in [4.78, 5) is 5.94. The lowest BCUT2D eigenvalue weighted by atomic mass is 10.1. The van der Waals surface area contributed by atoms with Crippen LogP contribution in [-0.4, -0.2) is 11.5 Å². The van der Waals surface area contributed by atoms with Gasteiger partial charge in [0.1, 0.15) is 17.4 Å². The third kappa shape index (κ3) is 2.89. The van der Waals surface area contributed by atoms with Crippen LogP contribution in [0.1, 0.15) is 18.1 Å². The van der Waals surface area contributed by atoms with E-state index in [9.17, 15) is 4.39 Å². The Bertz CT molecular complexity index is 590. The van der Waals surface area contributed by atoms with E-state index in [4.69, 9.17) is 5.26 Å². The molecule has 4 heteroatoms. The summed E-state index contributed by atoms with van der Waals surface area (Å²) in [6.45, 7) is 3.30. The number of rotatable bonds is 4. The number of benzene rings is 1. The highest BCUT2D eigenvalue weighted by atomic mass is 19.1. The molecular weight excluding hydrogens is 241 g/mol. The lowest BCUT2D eigenvalue weighted by Crippen LogP contribution is -2.23. The van der Waals surface area contributed by atoms with E-state index in [2.05, 4.69) is 4.98 Å². The Labute approximate surface area is 111 Å². The second kappa shape index (κ2) is 5.96. The van der Waals surface area contributed by atoms with Crippen molar-refractivity contribution in [2.75, 3.05) is 11.4 Å². The fourth-order valence-corrected chi connectivity index (χ4v) is 1.96. The first-order valence-corrected chi connectivity index (χ1v) is 6.08. The van der Waals surface area contributed by atoms with Crippen LogP contribution >= 0.6 is 0 Å². The Morgan fingerprint density at radius 3 is 2.63 bits per heavy atom. The molecular formula is C15H14FN3. The third-order valence-electron chi connectivity index (χ3n) is 2.95. The minimum atomic E-state index is -0.479. The van der Waals surface area contributed by atoms with Crippen molar-refractivity contribution in [3.63, 3.8) is 0 Å². The summed E-state index contributed by atoms with van der Waals surface area (Å²) in [7, 11) is 0. The van der Waals surface area contributed by atoms with Gasteiger partial charge in [-0.3, -0.25) is 4.98 Å². The summed E-state index contributed by atoms with van der Waals surface area (Å²) in [5.41, 5.74) is 1.80. The highest BCUT2D eigenvalue weighted by Crippen LogP contribution is 2.23. The Morgan fingerprint density at radius 1 is 1.26 bits per heavy atom. The maximum atomic E-state index is 13.6. The fraction of sp³-hybridized carbons (Fsp3) is 0.200. The van der Waals surface area contributed by atoms with Gasteiger partial charge in [0, 0.05) is 25.5 Å². The van der Waals surface area contributed by atoms with E-state index in [1.165, 1.54) is 6.07 Å². The van der Waals surface area contributed by atoms with Gasteiger partial charge in [-0.1, -0.05) is 6.07 Å². The minimum absolute atomic E-state index is 0.0957. The van der Waals surface area contributed by atoms with Crippen LogP contribution in [0.15, 0.2) is 42.7 Å². The molecule has 0 radical (unpaired) electrons. The molecule has 2 rings (SSSR count). The molecule has 0 atom stereocenters. The quantitative estimate of drug-likeness (QED) is 0.842. The molecule has 19 heavy (non-hydrogen) atoms. The second-order valence-electron chi connectivity index (χ2n) is 4.12. The average molecular weight is 255 g/mol. The highest BCUT2D eigenvalue weighted by Gasteiger charge is 2.13. The average Bonchev–Trinajstić information content (AvgIpc) is 2.45. The first-order valence-electron chi connectivity index (χ1n) is 6.08. The first kappa shape index (κ1) is 13.0. The molecule has 0 fully saturated rings. The van der Waals surface area contributed by atoms with Gasteiger partial charge in [0.25, 0.3) is 0 Å². The number of nitrogens with zero attached hydrogens (tertiary/aromatic N) is 3. The molecule has 96 valence electrons. The van der Waals surface area contributed by atoms with Crippen molar-refractivity contribution in [2.45, 2.75) is 13.5 Å². The molecule has 2 aromatic rings. The van der Waals surface area contributed by atoms with Crippen molar-refractivity contribution in [3.05, 3.63) is 59.7 Å². The van der Waals surface area contributed by atoms with Crippen molar-refractivity contribution in [3.8, 4) is 6.07 Å². The van der Waals surface area contributed by atoms with Gasteiger partial charge in [-0.2, -0.15) is 5.26 Å². The molecule has 0 aliphatic rings. The van der Waals surface area contributed by atoms with Crippen LogP contribution in [-0.2, 0) is 6.54 Å². The molecule has 0 saturated carbocycles. The van der Waals surface area contributed by atoms with Gasteiger partial charge in [0.05, 0.1) is 5.69 Å². The number of halogens is 1. The molecule has 0 aliphatic carbocycles. The number of hydrogen-bond donors (Lipinski definition) is 0. The van der Waals surface area contributed by atoms with Gasteiger partial charge < -0.3 is 4.90 Å². The van der Waals surface area contributed by atoms with Crippen LogP contribution in [0, 0.1) is 17.1 Å². The number of nitriles is 1. The van der Waals surface area contributed by atoms with E-state index in [0.717, 1.165) is 5.56 Å². The van der Waals surface area contributed by atoms with Crippen LogP contribution < -0.4 is 4.90 Å². The second-order valence-corrected chi connectivity index (χ2v) is 4.12. The standard InChI is InChI=1S/C15H14FN3/c1-2-19(11-12-6-8-18-9-7-12)15-5-3-4-14(16)13(15)10-17/h3-9H,2,11H2,1H3. The molecule has 0 unspecified atom stereocenters. The van der Waals surface area contributed by atoms with E-state index < -0.39 is 5.82 Å². The van der Waals surface area contributed by atoms with Crippen molar-refractivity contribution >= 4 is 5.69 Å². The Morgan fingerprint density at radius 2 is 2.00 bits per heavy atom. The Kier molecular flexibility index (Phi) is 4.09. The topological polar surface area (TPSA) is 39.9 Å². The van der Waals surface area contributed by atoms with Crippen LogP contribution in [0.4, 0.5) is 10.1 Å². The first-order chi connectivity index (χ1) is 9.26. The molecule has 0 saturated heterocycles. The number of hydrogen-bond acceptors (Lipinski definition) is 3. The van der Waals surface area contributed by atoms with Gasteiger partial charge in [-0.25, -0.2) is 4.39 Å². The van der Waals surface area contributed by atoms with E-state index >= 15 is 0 Å². The SMILES string of the molecule is CCN(Cc1ccncc1)c1cccc(F)c1C#N. The van der Waals surface area contributed by atoms with Crippen molar-refractivity contribution < 1.29 is 4.39 Å². The number of anilines is 1. The summed E-state index contributed by atoms with van der Waals surface area (Å²) in [5.74, 6) is -0.479. The number of pyridine rings is 1. The smallest absolute Gasteiger partial charge is 0.143 e. The van der Waals surface area contributed by atoms with E-state index in [1.54, 1.807) is 24.5 Å². The Hall–Kier alpha value is -2.41. The van der Waals surface area contributed by atoms with Crippen molar-refractivity contribution in [1.29, 1.82) is 5.26 Å². The van der Waals surface area contributed by atoms with E-state index in [-0.39, 0.29) is 5.56 Å². The minimum Gasteiger partial charge on any atom is -0.366 e. The highest BCUT2D eigenvalue weighted by molar-refractivity contribution is 5.60. The summed E-state index contributed by atoms with van der Waals surface area (Å²) < 4.78 is 13.6. The van der Waals surface area contributed by atoms with Gasteiger partial charge >= 0.3 is 0 Å². The fourth-order valence-electron chi connectivity index (χ4n) is 1.96. The lowest BCUT2D eigenvalue weighted by molar-refractivity contribution is 0.622.